The van der Waals surface area contributed by atoms with Gasteiger partial charge < -0.3 is 5.11 Å². The molecule has 0 unspecified atom stereocenters. The first-order chi connectivity index (χ1) is 6.67. The highest BCUT2D eigenvalue weighted by molar-refractivity contribution is 5.66. The molecule has 0 atom stereocenters. The van der Waals surface area contributed by atoms with Crippen LogP contribution < -0.4 is 0 Å². The van der Waals surface area contributed by atoms with Crippen LogP contribution in [-0.4, -0.2) is 5.11 Å². The Labute approximate surface area is 82.1 Å². The molecule has 0 saturated heterocycles. The molecule has 68 valence electrons. The molecule has 0 aliphatic rings. The first kappa shape index (κ1) is 9.83. The fourth-order valence-corrected chi connectivity index (χ4v) is 1.03. The summed E-state index contributed by atoms with van der Waals surface area (Å²) in [6.45, 7) is 1.87. The normalized spacial score (nSPS) is 8.50. The number of hydrogen-bond donors (Lipinski definition) is 1. The van der Waals surface area contributed by atoms with Gasteiger partial charge in [0.2, 0.25) is 0 Å². The smallest absolute Gasteiger partial charge is 0.130 e. The zero-order valence-electron chi connectivity index (χ0n) is 7.65. The van der Waals surface area contributed by atoms with Crippen LogP contribution in [0.5, 0.6) is 5.75 Å². The number of nitrogens with zero attached hydrogens (tertiary/aromatic N) is 2. The van der Waals surface area contributed by atoms with Crippen molar-refractivity contribution in [1.29, 1.82) is 10.5 Å². The van der Waals surface area contributed by atoms with Gasteiger partial charge in [0, 0.05) is 5.56 Å². The summed E-state index contributed by atoms with van der Waals surface area (Å²) < 4.78 is 0. The van der Waals surface area contributed by atoms with E-state index in [9.17, 15) is 5.11 Å². The summed E-state index contributed by atoms with van der Waals surface area (Å²) in [7, 11) is 0. The van der Waals surface area contributed by atoms with Crippen molar-refractivity contribution >= 4 is 6.08 Å². The molecule has 1 aromatic carbocycles. The summed E-state index contributed by atoms with van der Waals surface area (Å²) in [6.07, 6.45) is 1.36. The van der Waals surface area contributed by atoms with Gasteiger partial charge in [-0.15, -0.1) is 0 Å². The first-order valence-corrected chi connectivity index (χ1v) is 3.99. The van der Waals surface area contributed by atoms with Crippen LogP contribution in [0.1, 0.15) is 11.1 Å². The number of allylic oxidation sites excluding steroid dienone is 1. The van der Waals surface area contributed by atoms with Gasteiger partial charge in [-0.3, -0.25) is 0 Å². The number of aromatic hydroxyl groups is 1. The summed E-state index contributed by atoms with van der Waals surface area (Å²) in [5.74, 6) is 0.0681. The van der Waals surface area contributed by atoms with Crippen LogP contribution in [0.15, 0.2) is 23.8 Å². The van der Waals surface area contributed by atoms with Crippen LogP contribution in [-0.2, 0) is 0 Å². The second kappa shape index (κ2) is 4.11. The number of rotatable bonds is 1. The van der Waals surface area contributed by atoms with E-state index in [2.05, 4.69) is 0 Å². The Balaban J connectivity index is 3.22. The van der Waals surface area contributed by atoms with Gasteiger partial charge in [0.1, 0.15) is 23.5 Å². The molecule has 14 heavy (non-hydrogen) atoms. The summed E-state index contributed by atoms with van der Waals surface area (Å²) in [4.78, 5) is 0. The van der Waals surface area contributed by atoms with Crippen LogP contribution in [0.2, 0.25) is 0 Å². The quantitative estimate of drug-likeness (QED) is 0.680. The Morgan fingerprint density at radius 1 is 1.36 bits per heavy atom. The van der Waals surface area contributed by atoms with E-state index in [0.717, 1.165) is 5.56 Å². The van der Waals surface area contributed by atoms with Crippen molar-refractivity contribution in [3.63, 3.8) is 0 Å². The molecule has 0 spiro atoms. The van der Waals surface area contributed by atoms with E-state index in [4.69, 9.17) is 10.5 Å². The van der Waals surface area contributed by atoms with E-state index in [-0.39, 0.29) is 11.3 Å². The standard InChI is InChI=1S/C11H8N2O/c1-8-2-3-11(14)10(4-8)5-9(6-12)7-13/h2-5,14H,1H3. The minimum absolute atomic E-state index is 0.0223. The fourth-order valence-electron chi connectivity index (χ4n) is 1.03. The third-order valence-electron chi connectivity index (χ3n) is 1.72. The molecular formula is C11H8N2O. The van der Waals surface area contributed by atoms with Crippen molar-refractivity contribution in [2.24, 2.45) is 0 Å². The van der Waals surface area contributed by atoms with E-state index < -0.39 is 0 Å². The van der Waals surface area contributed by atoms with E-state index in [1.165, 1.54) is 12.1 Å². The highest BCUT2D eigenvalue weighted by Gasteiger charge is 2.00. The Hall–Kier alpha value is -2.26. The highest BCUT2D eigenvalue weighted by atomic mass is 16.3. The van der Waals surface area contributed by atoms with Crippen LogP contribution in [0.3, 0.4) is 0 Å². The molecule has 0 bridgehead atoms. The van der Waals surface area contributed by atoms with Crippen LogP contribution in [0.4, 0.5) is 0 Å². The molecule has 3 heteroatoms. The summed E-state index contributed by atoms with van der Waals surface area (Å²) >= 11 is 0. The molecular weight excluding hydrogens is 176 g/mol. The van der Waals surface area contributed by atoms with Gasteiger partial charge in [0.05, 0.1) is 0 Å². The van der Waals surface area contributed by atoms with Gasteiger partial charge in [0.15, 0.2) is 0 Å². The minimum Gasteiger partial charge on any atom is -0.507 e. The topological polar surface area (TPSA) is 67.8 Å². The molecule has 0 heterocycles. The minimum atomic E-state index is -0.0223. The van der Waals surface area contributed by atoms with Crippen molar-refractivity contribution in [3.8, 4) is 17.9 Å². The van der Waals surface area contributed by atoms with Gasteiger partial charge in [-0.25, -0.2) is 0 Å². The summed E-state index contributed by atoms with van der Waals surface area (Å²) in [6, 6.07) is 8.47. The molecule has 3 nitrogen and oxygen atoms in total. The lowest BCUT2D eigenvalue weighted by molar-refractivity contribution is 0.474. The predicted molar refractivity (Wildman–Crippen MR) is 52.0 cm³/mol. The first-order valence-electron chi connectivity index (χ1n) is 3.99. The van der Waals surface area contributed by atoms with Gasteiger partial charge in [-0.1, -0.05) is 11.6 Å². The predicted octanol–water partition coefficient (Wildman–Crippen LogP) is 2.13. The summed E-state index contributed by atoms with van der Waals surface area (Å²) in [5, 5.41) is 26.5. The number of aryl methyl sites for hydroxylation is 1. The lowest BCUT2D eigenvalue weighted by atomic mass is 10.1. The van der Waals surface area contributed by atoms with E-state index in [1.54, 1.807) is 24.3 Å². The molecule has 0 fully saturated rings. The average Bonchev–Trinajstić information content (AvgIpc) is 2.19. The van der Waals surface area contributed by atoms with E-state index >= 15 is 0 Å². The molecule has 1 aromatic rings. The number of benzene rings is 1. The number of phenols is 1. The third-order valence-corrected chi connectivity index (χ3v) is 1.72. The van der Waals surface area contributed by atoms with Crippen molar-refractivity contribution < 1.29 is 5.11 Å². The molecule has 1 rings (SSSR count). The van der Waals surface area contributed by atoms with Crippen LogP contribution in [0, 0.1) is 29.6 Å². The average molecular weight is 184 g/mol. The molecule has 0 radical (unpaired) electrons. The van der Waals surface area contributed by atoms with E-state index in [0.29, 0.717) is 5.56 Å². The lowest BCUT2D eigenvalue weighted by Gasteiger charge is -1.99. The second-order valence-corrected chi connectivity index (χ2v) is 2.84. The molecule has 0 aliphatic heterocycles. The number of hydrogen-bond acceptors (Lipinski definition) is 3. The summed E-state index contributed by atoms with van der Waals surface area (Å²) in [5.41, 5.74) is 1.43. The van der Waals surface area contributed by atoms with Gasteiger partial charge >= 0.3 is 0 Å². The van der Waals surface area contributed by atoms with Gasteiger partial charge in [0.25, 0.3) is 0 Å². The molecule has 0 amide bonds. The SMILES string of the molecule is Cc1ccc(O)c(C=C(C#N)C#N)c1. The molecule has 0 aromatic heterocycles. The maximum absolute atomic E-state index is 9.41. The zero-order chi connectivity index (χ0) is 10.6. The maximum Gasteiger partial charge on any atom is 0.130 e. The van der Waals surface area contributed by atoms with Crippen molar-refractivity contribution in [1.82, 2.24) is 0 Å². The third kappa shape index (κ3) is 2.12. The molecule has 1 N–H and O–H groups in total. The second-order valence-electron chi connectivity index (χ2n) is 2.84. The number of nitriles is 2. The highest BCUT2D eigenvalue weighted by Crippen LogP contribution is 2.20. The molecule has 0 aliphatic carbocycles. The van der Waals surface area contributed by atoms with Gasteiger partial charge in [-0.05, 0) is 25.1 Å². The Morgan fingerprint density at radius 3 is 2.57 bits per heavy atom. The van der Waals surface area contributed by atoms with Crippen molar-refractivity contribution in [3.05, 3.63) is 34.9 Å². The van der Waals surface area contributed by atoms with Crippen molar-refractivity contribution in [2.75, 3.05) is 0 Å². The lowest BCUT2D eigenvalue weighted by Crippen LogP contribution is -1.80. The Kier molecular flexibility index (Phi) is 2.89. The van der Waals surface area contributed by atoms with Gasteiger partial charge in [-0.2, -0.15) is 10.5 Å². The van der Waals surface area contributed by atoms with Crippen LogP contribution in [0.25, 0.3) is 6.08 Å². The van der Waals surface area contributed by atoms with E-state index in [1.807, 2.05) is 6.92 Å². The Bertz CT molecular complexity index is 445. The van der Waals surface area contributed by atoms with Crippen LogP contribution >= 0.6 is 0 Å². The Morgan fingerprint density at radius 2 is 2.00 bits per heavy atom. The number of phenolic OH excluding ortho intramolecular Hbond substituents is 1. The maximum atomic E-state index is 9.41. The largest absolute Gasteiger partial charge is 0.507 e. The zero-order valence-corrected chi connectivity index (χ0v) is 7.65. The van der Waals surface area contributed by atoms with Crippen molar-refractivity contribution in [2.45, 2.75) is 6.92 Å². The fraction of sp³-hybridized carbons (Fsp3) is 0.0909. The molecule has 0 saturated carbocycles. The monoisotopic (exact) mass is 184 g/mol.